The molecule has 2 aliphatic rings. The zero-order chi connectivity index (χ0) is 24.7. The van der Waals surface area contributed by atoms with Crippen LogP contribution in [0.3, 0.4) is 0 Å². The van der Waals surface area contributed by atoms with Crippen LogP contribution in [0.5, 0.6) is 0 Å². The SMILES string of the molecule is CCn1nccc1C(=O)NC(C(=O)Nc1ccc(-c2c(C)n[nH]c2C)nc1F)C(C1CC1)C1CC1. The molecule has 9 nitrogen and oxygen atoms in total. The lowest BCUT2D eigenvalue weighted by atomic mass is 9.88. The van der Waals surface area contributed by atoms with Gasteiger partial charge in [-0.25, -0.2) is 4.98 Å². The van der Waals surface area contributed by atoms with Gasteiger partial charge in [0.2, 0.25) is 11.9 Å². The van der Waals surface area contributed by atoms with E-state index in [-0.39, 0.29) is 17.5 Å². The van der Waals surface area contributed by atoms with Crippen molar-refractivity contribution in [1.82, 2.24) is 30.3 Å². The largest absolute Gasteiger partial charge is 0.339 e. The second-order valence-electron chi connectivity index (χ2n) is 9.57. The molecule has 3 heterocycles. The first kappa shape index (κ1) is 23.2. The van der Waals surface area contributed by atoms with Crippen molar-refractivity contribution >= 4 is 17.5 Å². The highest BCUT2D eigenvalue weighted by atomic mass is 19.1. The number of carbonyl (C=O) groups excluding carboxylic acids is 2. The highest BCUT2D eigenvalue weighted by Crippen LogP contribution is 2.51. The molecule has 3 N–H and O–H groups in total. The lowest BCUT2D eigenvalue weighted by molar-refractivity contribution is -0.119. The summed E-state index contributed by atoms with van der Waals surface area (Å²) < 4.78 is 16.6. The van der Waals surface area contributed by atoms with E-state index >= 15 is 4.39 Å². The lowest BCUT2D eigenvalue weighted by Crippen LogP contribution is -2.50. The predicted molar refractivity (Wildman–Crippen MR) is 128 cm³/mol. The molecule has 0 spiro atoms. The van der Waals surface area contributed by atoms with Crippen LogP contribution in [0.1, 0.15) is 54.5 Å². The average molecular weight is 480 g/mol. The first-order chi connectivity index (χ1) is 16.9. The van der Waals surface area contributed by atoms with Gasteiger partial charge in [-0.1, -0.05) is 0 Å². The number of H-pyrrole nitrogens is 1. The molecule has 2 saturated carbocycles. The van der Waals surface area contributed by atoms with Crippen molar-refractivity contribution in [2.45, 2.75) is 59.0 Å². The van der Waals surface area contributed by atoms with E-state index in [0.29, 0.717) is 29.8 Å². The Morgan fingerprint density at radius 3 is 2.46 bits per heavy atom. The van der Waals surface area contributed by atoms with E-state index in [0.717, 1.165) is 42.6 Å². The van der Waals surface area contributed by atoms with Crippen LogP contribution in [0.4, 0.5) is 10.1 Å². The van der Waals surface area contributed by atoms with Crippen LogP contribution in [0.25, 0.3) is 11.3 Å². The number of anilines is 1. The quantitative estimate of drug-likeness (QED) is 0.405. The highest BCUT2D eigenvalue weighted by molar-refractivity contribution is 6.00. The number of hydrogen-bond donors (Lipinski definition) is 3. The Kier molecular flexibility index (Phi) is 6.12. The monoisotopic (exact) mass is 479 g/mol. The van der Waals surface area contributed by atoms with E-state index in [9.17, 15) is 9.59 Å². The van der Waals surface area contributed by atoms with Crippen LogP contribution in [0.15, 0.2) is 24.4 Å². The van der Waals surface area contributed by atoms with Gasteiger partial charge in [0.1, 0.15) is 11.7 Å². The van der Waals surface area contributed by atoms with E-state index in [1.165, 1.54) is 6.07 Å². The van der Waals surface area contributed by atoms with E-state index in [1.807, 2.05) is 20.8 Å². The van der Waals surface area contributed by atoms with Gasteiger partial charge in [-0.15, -0.1) is 0 Å². The van der Waals surface area contributed by atoms with E-state index in [2.05, 4.69) is 30.9 Å². The second-order valence-corrected chi connectivity index (χ2v) is 9.57. The third-order valence-electron chi connectivity index (χ3n) is 7.03. The van der Waals surface area contributed by atoms with Gasteiger partial charge in [-0.3, -0.25) is 19.4 Å². The Hall–Kier alpha value is -3.56. The van der Waals surface area contributed by atoms with Gasteiger partial charge in [0.15, 0.2) is 0 Å². The summed E-state index contributed by atoms with van der Waals surface area (Å²) in [6, 6.07) is 4.05. The normalized spacial score (nSPS) is 16.4. The van der Waals surface area contributed by atoms with Crippen LogP contribution in [0.2, 0.25) is 0 Å². The maximum Gasteiger partial charge on any atom is 0.270 e. The van der Waals surface area contributed by atoms with E-state index in [4.69, 9.17) is 0 Å². The molecule has 0 aliphatic heterocycles. The van der Waals surface area contributed by atoms with Crippen LogP contribution >= 0.6 is 0 Å². The zero-order valence-corrected chi connectivity index (χ0v) is 20.1. The van der Waals surface area contributed by atoms with Gasteiger partial charge >= 0.3 is 0 Å². The van der Waals surface area contributed by atoms with Gasteiger partial charge in [0.05, 0.1) is 17.1 Å². The first-order valence-corrected chi connectivity index (χ1v) is 12.2. The van der Waals surface area contributed by atoms with Gasteiger partial charge in [-0.05, 0) is 82.4 Å². The molecule has 2 aliphatic carbocycles. The molecule has 0 radical (unpaired) electrons. The third kappa shape index (κ3) is 4.69. The van der Waals surface area contributed by atoms with Crippen molar-refractivity contribution in [3.05, 3.63) is 47.4 Å². The molecule has 0 bridgehead atoms. The molecule has 3 aromatic heterocycles. The molecule has 1 unspecified atom stereocenters. The minimum Gasteiger partial charge on any atom is -0.339 e. The Labute approximate surface area is 202 Å². The number of pyridine rings is 1. The van der Waals surface area contributed by atoms with Gasteiger partial charge in [-0.2, -0.15) is 14.6 Å². The molecule has 3 aromatic rings. The number of aryl methyl sites for hydroxylation is 3. The summed E-state index contributed by atoms with van der Waals surface area (Å²) in [6.07, 6.45) is 5.74. The molecule has 0 aromatic carbocycles. The van der Waals surface area contributed by atoms with Crippen molar-refractivity contribution in [1.29, 1.82) is 0 Å². The Morgan fingerprint density at radius 1 is 1.17 bits per heavy atom. The maximum absolute atomic E-state index is 15.0. The van der Waals surface area contributed by atoms with Crippen LogP contribution < -0.4 is 10.6 Å². The molecule has 5 rings (SSSR count). The third-order valence-corrected chi connectivity index (χ3v) is 7.03. The number of hydrogen-bond acceptors (Lipinski definition) is 5. The van der Waals surface area contributed by atoms with Crippen LogP contribution in [-0.4, -0.2) is 42.8 Å². The molecule has 1 atom stereocenters. The Balaban J connectivity index is 1.39. The minimum atomic E-state index is -0.778. The Bertz CT molecular complexity index is 1230. The zero-order valence-electron chi connectivity index (χ0n) is 20.1. The van der Waals surface area contributed by atoms with Crippen molar-refractivity contribution in [2.75, 3.05) is 5.32 Å². The fraction of sp³-hybridized carbons (Fsp3) is 0.480. The molecular weight excluding hydrogens is 449 g/mol. The standard InChI is InChI=1S/C25H30FN7O2/c1-4-33-19(11-12-27-33)24(34)30-22(21(15-5-6-15)16-7-8-16)25(35)29-18-10-9-17(28-23(18)26)20-13(2)31-32-14(20)3/h9-12,15-16,21-22H,4-8H2,1-3H3,(H,29,35)(H,30,34)(H,31,32). The number of rotatable bonds is 9. The minimum absolute atomic E-state index is 0.0132. The summed E-state index contributed by atoms with van der Waals surface area (Å²) in [6.45, 7) is 6.11. The molecule has 184 valence electrons. The first-order valence-electron chi connectivity index (χ1n) is 12.2. The summed E-state index contributed by atoms with van der Waals surface area (Å²) in [5.74, 6) is -0.730. The highest BCUT2D eigenvalue weighted by Gasteiger charge is 2.48. The van der Waals surface area contributed by atoms with Crippen molar-refractivity contribution in [2.24, 2.45) is 17.8 Å². The summed E-state index contributed by atoms with van der Waals surface area (Å²) in [7, 11) is 0. The fourth-order valence-electron chi connectivity index (χ4n) is 5.03. The molecular formula is C25H30FN7O2. The number of aromatic amines is 1. The summed E-state index contributed by atoms with van der Waals surface area (Å²) in [5, 5.41) is 16.8. The van der Waals surface area contributed by atoms with Crippen LogP contribution in [-0.2, 0) is 11.3 Å². The summed E-state index contributed by atoms with van der Waals surface area (Å²) >= 11 is 0. The maximum atomic E-state index is 15.0. The summed E-state index contributed by atoms with van der Waals surface area (Å²) in [5.41, 5.74) is 3.08. The van der Waals surface area contributed by atoms with Crippen molar-refractivity contribution in [3.63, 3.8) is 0 Å². The van der Waals surface area contributed by atoms with Gasteiger partial charge in [0, 0.05) is 24.0 Å². The average Bonchev–Trinajstić information content (AvgIpc) is 3.77. The number of carbonyl (C=O) groups is 2. The number of aromatic nitrogens is 5. The Morgan fingerprint density at radius 2 is 1.89 bits per heavy atom. The molecule has 2 amide bonds. The van der Waals surface area contributed by atoms with Crippen molar-refractivity contribution < 1.29 is 14.0 Å². The molecule has 2 fully saturated rings. The fourth-order valence-corrected chi connectivity index (χ4v) is 5.03. The summed E-state index contributed by atoms with van der Waals surface area (Å²) in [4.78, 5) is 30.7. The second kappa shape index (κ2) is 9.24. The van der Waals surface area contributed by atoms with E-state index in [1.54, 1.807) is 23.0 Å². The number of nitrogens with zero attached hydrogens (tertiary/aromatic N) is 4. The predicted octanol–water partition coefficient (Wildman–Crippen LogP) is 3.62. The van der Waals surface area contributed by atoms with Gasteiger partial charge in [0.25, 0.3) is 5.91 Å². The van der Waals surface area contributed by atoms with Crippen molar-refractivity contribution in [3.8, 4) is 11.3 Å². The van der Waals surface area contributed by atoms with E-state index < -0.39 is 17.9 Å². The van der Waals surface area contributed by atoms with Crippen LogP contribution in [0, 0.1) is 37.5 Å². The number of amides is 2. The molecule has 0 saturated heterocycles. The topological polar surface area (TPSA) is 118 Å². The molecule has 10 heteroatoms. The molecule has 35 heavy (non-hydrogen) atoms. The smallest absolute Gasteiger partial charge is 0.270 e. The lowest BCUT2D eigenvalue weighted by Gasteiger charge is -2.27. The van der Waals surface area contributed by atoms with Gasteiger partial charge < -0.3 is 10.6 Å². The number of nitrogens with one attached hydrogen (secondary N) is 3. The number of halogens is 1.